The van der Waals surface area contributed by atoms with Crippen molar-refractivity contribution in [3.8, 4) is 0 Å². The van der Waals surface area contributed by atoms with Crippen molar-refractivity contribution in [3.63, 3.8) is 0 Å². The van der Waals surface area contributed by atoms with Crippen LogP contribution in [-0.4, -0.2) is 44.0 Å². The van der Waals surface area contributed by atoms with E-state index in [2.05, 4.69) is 5.32 Å². The Morgan fingerprint density at radius 3 is 2.25 bits per heavy atom. The molecule has 0 unspecified atom stereocenters. The van der Waals surface area contributed by atoms with Crippen LogP contribution in [0, 0.1) is 0 Å². The second-order valence-corrected chi connectivity index (χ2v) is 10.4. The number of benzene rings is 2. The third-order valence-corrected chi connectivity index (χ3v) is 7.43. The largest absolute Gasteiger partial charge is 0.339 e. The van der Waals surface area contributed by atoms with Crippen molar-refractivity contribution in [3.05, 3.63) is 59.2 Å². The van der Waals surface area contributed by atoms with Crippen LogP contribution in [0.1, 0.15) is 61.0 Å². The zero-order valence-electron chi connectivity index (χ0n) is 18.9. The van der Waals surface area contributed by atoms with Gasteiger partial charge in [-0.05, 0) is 79.6 Å². The summed E-state index contributed by atoms with van der Waals surface area (Å²) in [7, 11) is -3.52. The molecule has 2 aromatic carbocycles. The molecule has 1 aliphatic carbocycles. The quantitative estimate of drug-likeness (QED) is 0.580. The summed E-state index contributed by atoms with van der Waals surface area (Å²) in [5.41, 5.74) is 3.43. The van der Waals surface area contributed by atoms with Crippen LogP contribution in [0.2, 0.25) is 0 Å². The molecule has 0 saturated heterocycles. The molecule has 172 valence electrons. The Morgan fingerprint density at radius 2 is 1.59 bits per heavy atom. The van der Waals surface area contributed by atoms with Crippen LogP contribution in [0.4, 0.5) is 5.69 Å². The number of carbonyl (C=O) groups is 2. The fourth-order valence-corrected chi connectivity index (χ4v) is 5.33. The standard InChI is InChI=1S/C25H32N2O4S/c1-3-15-27(16-4-2)25(29)20-8-11-22(12-9-20)26-24(28)14-17-32(30,31)23-13-10-19-6-5-7-21(19)18-23/h8-13,18H,3-7,14-17H2,1-2H3,(H,26,28). The maximum Gasteiger partial charge on any atom is 0.253 e. The number of hydrogen-bond acceptors (Lipinski definition) is 4. The second kappa shape index (κ2) is 10.8. The third-order valence-electron chi connectivity index (χ3n) is 5.72. The Morgan fingerprint density at radius 1 is 0.938 bits per heavy atom. The molecule has 0 fully saturated rings. The number of anilines is 1. The summed E-state index contributed by atoms with van der Waals surface area (Å²) in [6.45, 7) is 5.51. The van der Waals surface area contributed by atoms with Crippen LogP contribution in [0.3, 0.4) is 0 Å². The summed E-state index contributed by atoms with van der Waals surface area (Å²) in [6.07, 6.45) is 4.63. The highest BCUT2D eigenvalue weighted by Crippen LogP contribution is 2.25. The average Bonchev–Trinajstić information content (AvgIpc) is 3.26. The van der Waals surface area contributed by atoms with E-state index >= 15 is 0 Å². The van der Waals surface area contributed by atoms with Crippen molar-refractivity contribution in [1.82, 2.24) is 4.90 Å². The van der Waals surface area contributed by atoms with E-state index in [9.17, 15) is 18.0 Å². The molecule has 3 rings (SSSR count). The van der Waals surface area contributed by atoms with Gasteiger partial charge in [0.15, 0.2) is 9.84 Å². The normalized spacial score (nSPS) is 12.9. The number of nitrogens with zero attached hydrogens (tertiary/aromatic N) is 1. The van der Waals surface area contributed by atoms with Crippen molar-refractivity contribution < 1.29 is 18.0 Å². The minimum Gasteiger partial charge on any atom is -0.339 e. The van der Waals surface area contributed by atoms with E-state index in [4.69, 9.17) is 0 Å². The molecule has 0 atom stereocenters. The van der Waals surface area contributed by atoms with E-state index in [0.29, 0.717) is 24.3 Å². The Balaban J connectivity index is 1.56. The summed E-state index contributed by atoms with van der Waals surface area (Å²) in [5, 5.41) is 2.73. The third kappa shape index (κ3) is 5.97. The predicted octanol–water partition coefficient (Wildman–Crippen LogP) is 4.24. The zero-order chi connectivity index (χ0) is 23.1. The Kier molecular flexibility index (Phi) is 8.07. The molecule has 2 amide bonds. The van der Waals surface area contributed by atoms with E-state index in [1.807, 2.05) is 24.8 Å². The lowest BCUT2D eigenvalue weighted by atomic mass is 10.1. The van der Waals surface area contributed by atoms with Crippen molar-refractivity contribution in [1.29, 1.82) is 0 Å². The van der Waals surface area contributed by atoms with Crippen LogP contribution >= 0.6 is 0 Å². The first-order chi connectivity index (χ1) is 15.3. The van der Waals surface area contributed by atoms with Gasteiger partial charge < -0.3 is 10.2 Å². The number of sulfone groups is 1. The summed E-state index contributed by atoms with van der Waals surface area (Å²) in [4.78, 5) is 27.1. The predicted molar refractivity (Wildman–Crippen MR) is 127 cm³/mol. The number of fused-ring (bicyclic) bond motifs is 1. The van der Waals surface area contributed by atoms with Gasteiger partial charge in [-0.3, -0.25) is 9.59 Å². The molecular weight excluding hydrogens is 424 g/mol. The van der Waals surface area contributed by atoms with Crippen molar-refractivity contribution in [2.45, 2.75) is 57.3 Å². The van der Waals surface area contributed by atoms with Gasteiger partial charge in [0.1, 0.15) is 0 Å². The molecular formula is C25H32N2O4S. The molecule has 0 aliphatic heterocycles. The number of nitrogens with one attached hydrogen (secondary N) is 1. The topological polar surface area (TPSA) is 83.6 Å². The Bertz CT molecular complexity index is 1060. The number of aryl methyl sites for hydroxylation is 2. The molecule has 0 spiro atoms. The molecule has 32 heavy (non-hydrogen) atoms. The summed E-state index contributed by atoms with van der Waals surface area (Å²) in [6, 6.07) is 12.0. The fraction of sp³-hybridized carbons (Fsp3) is 0.440. The van der Waals surface area contributed by atoms with Crippen molar-refractivity contribution in [2.75, 3.05) is 24.2 Å². The second-order valence-electron chi connectivity index (χ2n) is 8.27. The van der Waals surface area contributed by atoms with E-state index in [-0.39, 0.29) is 28.9 Å². The van der Waals surface area contributed by atoms with Gasteiger partial charge >= 0.3 is 0 Å². The maximum absolute atomic E-state index is 12.7. The van der Waals surface area contributed by atoms with Gasteiger partial charge in [-0.25, -0.2) is 8.42 Å². The monoisotopic (exact) mass is 456 g/mol. The molecule has 7 heteroatoms. The highest BCUT2D eigenvalue weighted by Gasteiger charge is 2.20. The van der Waals surface area contributed by atoms with Crippen LogP contribution in [-0.2, 0) is 27.5 Å². The Labute approximate surface area is 190 Å². The first kappa shape index (κ1) is 24.0. The molecule has 1 aliphatic rings. The van der Waals surface area contributed by atoms with Crippen molar-refractivity contribution in [2.24, 2.45) is 0 Å². The van der Waals surface area contributed by atoms with Gasteiger partial charge in [-0.1, -0.05) is 19.9 Å². The van der Waals surface area contributed by atoms with Gasteiger partial charge in [0, 0.05) is 30.8 Å². The van der Waals surface area contributed by atoms with Crippen LogP contribution < -0.4 is 5.32 Å². The van der Waals surface area contributed by atoms with Crippen LogP contribution in [0.25, 0.3) is 0 Å². The highest BCUT2D eigenvalue weighted by molar-refractivity contribution is 7.91. The lowest BCUT2D eigenvalue weighted by molar-refractivity contribution is -0.115. The van der Waals surface area contributed by atoms with Crippen LogP contribution in [0.5, 0.6) is 0 Å². The number of hydrogen-bond donors (Lipinski definition) is 1. The van der Waals surface area contributed by atoms with Gasteiger partial charge in [0.2, 0.25) is 5.91 Å². The lowest BCUT2D eigenvalue weighted by Gasteiger charge is -2.21. The van der Waals surface area contributed by atoms with E-state index < -0.39 is 9.84 Å². The van der Waals surface area contributed by atoms with E-state index in [1.54, 1.807) is 36.4 Å². The molecule has 6 nitrogen and oxygen atoms in total. The molecule has 0 heterocycles. The summed E-state index contributed by atoms with van der Waals surface area (Å²) < 4.78 is 25.3. The molecule has 0 saturated carbocycles. The van der Waals surface area contributed by atoms with Gasteiger partial charge in [-0.2, -0.15) is 0 Å². The van der Waals surface area contributed by atoms with Gasteiger partial charge in [-0.15, -0.1) is 0 Å². The first-order valence-electron chi connectivity index (χ1n) is 11.4. The number of carbonyl (C=O) groups excluding carboxylic acids is 2. The van der Waals surface area contributed by atoms with Gasteiger partial charge in [0.05, 0.1) is 10.6 Å². The minimum absolute atomic E-state index is 0.0213. The zero-order valence-corrected chi connectivity index (χ0v) is 19.7. The first-order valence-corrected chi connectivity index (χ1v) is 13.0. The fourth-order valence-electron chi connectivity index (χ4n) is 4.04. The number of amides is 2. The molecule has 0 bridgehead atoms. The minimum atomic E-state index is -3.52. The SMILES string of the molecule is CCCN(CCC)C(=O)c1ccc(NC(=O)CCS(=O)(=O)c2ccc3c(c2)CCC3)cc1. The summed E-state index contributed by atoms with van der Waals surface area (Å²) >= 11 is 0. The molecule has 2 aromatic rings. The van der Waals surface area contributed by atoms with Crippen LogP contribution in [0.15, 0.2) is 47.4 Å². The number of rotatable bonds is 10. The van der Waals surface area contributed by atoms with E-state index in [1.165, 1.54) is 5.56 Å². The molecule has 0 radical (unpaired) electrons. The maximum atomic E-state index is 12.7. The van der Waals surface area contributed by atoms with Crippen molar-refractivity contribution >= 4 is 27.3 Å². The molecule has 1 N–H and O–H groups in total. The smallest absolute Gasteiger partial charge is 0.253 e. The average molecular weight is 457 g/mol. The highest BCUT2D eigenvalue weighted by atomic mass is 32.2. The van der Waals surface area contributed by atoms with E-state index in [0.717, 1.165) is 37.7 Å². The Hall–Kier alpha value is -2.67. The van der Waals surface area contributed by atoms with Gasteiger partial charge in [0.25, 0.3) is 5.91 Å². The lowest BCUT2D eigenvalue weighted by Crippen LogP contribution is -2.32. The summed E-state index contributed by atoms with van der Waals surface area (Å²) in [5.74, 6) is -0.628. The molecule has 0 aromatic heterocycles.